The van der Waals surface area contributed by atoms with Crippen molar-refractivity contribution in [1.29, 1.82) is 0 Å². The highest BCUT2D eigenvalue weighted by Gasteiger charge is 2.24. The number of hydrogen-bond acceptors (Lipinski definition) is 6. The Hall–Kier alpha value is -2.51. The van der Waals surface area contributed by atoms with Gasteiger partial charge in [-0.05, 0) is 31.0 Å². The van der Waals surface area contributed by atoms with E-state index in [2.05, 4.69) is 0 Å². The molecule has 3 heterocycles. The second-order valence-corrected chi connectivity index (χ2v) is 6.78. The highest BCUT2D eigenvalue weighted by atomic mass is 16.6. The van der Waals surface area contributed by atoms with E-state index in [0.29, 0.717) is 50.9 Å². The smallest absolute Gasteiger partial charge is 0.254 e. The molecular formula is C20H23NO6. The Kier molecular flexibility index (Phi) is 4.80. The van der Waals surface area contributed by atoms with Crippen molar-refractivity contribution in [3.05, 3.63) is 39.7 Å². The molecule has 1 aromatic carbocycles. The molecular weight excluding hydrogens is 350 g/mol. The number of aryl methyl sites for hydroxylation is 1. The number of benzene rings is 1. The van der Waals surface area contributed by atoms with Crippen molar-refractivity contribution < 1.29 is 24.1 Å². The van der Waals surface area contributed by atoms with Gasteiger partial charge in [-0.25, -0.2) is 0 Å². The summed E-state index contributed by atoms with van der Waals surface area (Å²) < 4.78 is 23.9. The average molecular weight is 373 g/mol. The van der Waals surface area contributed by atoms with Gasteiger partial charge in [-0.15, -0.1) is 0 Å². The van der Waals surface area contributed by atoms with Crippen LogP contribution in [0, 0.1) is 6.92 Å². The van der Waals surface area contributed by atoms with Crippen LogP contribution in [-0.2, 0) is 22.4 Å². The lowest BCUT2D eigenvalue weighted by atomic mass is 9.94. The molecule has 2 aromatic rings. The number of fused-ring (bicyclic) bond motifs is 3. The number of hydrogen-bond donors (Lipinski definition) is 1. The van der Waals surface area contributed by atoms with Crippen molar-refractivity contribution in [2.45, 2.75) is 26.0 Å². The summed E-state index contributed by atoms with van der Waals surface area (Å²) in [5, 5.41) is 10.1. The summed E-state index contributed by atoms with van der Waals surface area (Å²) in [6, 6.07) is 5.03. The predicted molar refractivity (Wildman–Crippen MR) is 98.8 cm³/mol. The highest BCUT2D eigenvalue weighted by Crippen LogP contribution is 2.40. The number of nitrogens with zero attached hydrogens (tertiary/aromatic N) is 1. The molecule has 144 valence electrons. The van der Waals surface area contributed by atoms with E-state index in [9.17, 15) is 9.90 Å². The number of rotatable bonds is 4. The van der Waals surface area contributed by atoms with E-state index in [0.717, 1.165) is 22.4 Å². The minimum Gasteiger partial charge on any atom is -0.504 e. The molecule has 1 saturated heterocycles. The lowest BCUT2D eigenvalue weighted by molar-refractivity contribution is -0.101. The van der Waals surface area contributed by atoms with E-state index in [1.165, 1.54) is 13.2 Å². The fourth-order valence-electron chi connectivity index (χ4n) is 3.70. The summed E-state index contributed by atoms with van der Waals surface area (Å²) in [6.45, 7) is 4.47. The van der Waals surface area contributed by atoms with Crippen molar-refractivity contribution >= 4 is 0 Å². The number of pyridine rings is 1. The standard InChI is InChI=1S/C20H23NO6/c1-12-17(27-11-14-10-25-5-6-26-14)9-19(23)21-4-3-13-7-16(22)18(24-2)8-15(13)20(12)21/h7-9,14,22H,3-6,10-11H2,1-2H3. The SMILES string of the molecule is COc1cc2c(cc1O)CCn1c-2c(C)c(OCC2COCCO2)cc1=O. The molecule has 0 saturated carbocycles. The van der Waals surface area contributed by atoms with Gasteiger partial charge in [-0.2, -0.15) is 0 Å². The van der Waals surface area contributed by atoms with Gasteiger partial charge in [-0.3, -0.25) is 4.79 Å². The van der Waals surface area contributed by atoms with Gasteiger partial charge in [0.1, 0.15) is 18.5 Å². The predicted octanol–water partition coefficient (Wildman–Crippen LogP) is 1.89. The van der Waals surface area contributed by atoms with Crippen LogP contribution in [-0.4, -0.2) is 49.3 Å². The lowest BCUT2D eigenvalue weighted by Crippen LogP contribution is -2.34. The number of aromatic hydroxyl groups is 1. The molecule has 1 fully saturated rings. The van der Waals surface area contributed by atoms with Gasteiger partial charge in [0.2, 0.25) is 0 Å². The Labute approximate surface area is 157 Å². The molecule has 7 heteroatoms. The number of phenolic OH excluding ortho intramolecular Hbond substituents is 1. The summed E-state index contributed by atoms with van der Waals surface area (Å²) >= 11 is 0. The second kappa shape index (κ2) is 7.25. The van der Waals surface area contributed by atoms with Crippen molar-refractivity contribution in [3.63, 3.8) is 0 Å². The largest absolute Gasteiger partial charge is 0.504 e. The van der Waals surface area contributed by atoms with Crippen LogP contribution in [0.2, 0.25) is 0 Å². The van der Waals surface area contributed by atoms with Crippen molar-refractivity contribution in [3.8, 4) is 28.5 Å². The third kappa shape index (κ3) is 3.28. The molecule has 0 radical (unpaired) electrons. The first-order valence-corrected chi connectivity index (χ1v) is 9.05. The third-order valence-corrected chi connectivity index (χ3v) is 5.09. The summed E-state index contributed by atoms with van der Waals surface area (Å²) in [6.07, 6.45) is 0.536. The molecule has 0 aliphatic carbocycles. The topological polar surface area (TPSA) is 79.2 Å². The van der Waals surface area contributed by atoms with Gasteiger partial charge in [0.25, 0.3) is 5.56 Å². The summed E-state index contributed by atoms with van der Waals surface area (Å²) in [4.78, 5) is 12.7. The average Bonchev–Trinajstić information content (AvgIpc) is 2.69. The second-order valence-electron chi connectivity index (χ2n) is 6.78. The first-order valence-electron chi connectivity index (χ1n) is 9.05. The van der Waals surface area contributed by atoms with Crippen LogP contribution in [0.5, 0.6) is 17.2 Å². The molecule has 7 nitrogen and oxygen atoms in total. The fraction of sp³-hybridized carbons (Fsp3) is 0.450. The van der Waals surface area contributed by atoms with Crippen molar-refractivity contribution in [2.75, 3.05) is 33.5 Å². The summed E-state index contributed by atoms with van der Waals surface area (Å²) in [5.74, 6) is 1.03. The molecule has 1 N–H and O–H groups in total. The van der Waals surface area contributed by atoms with Gasteiger partial charge in [-0.1, -0.05) is 0 Å². The van der Waals surface area contributed by atoms with Crippen LogP contribution in [0.3, 0.4) is 0 Å². The van der Waals surface area contributed by atoms with Crippen LogP contribution >= 0.6 is 0 Å². The number of phenols is 1. The molecule has 1 atom stereocenters. The first kappa shape index (κ1) is 17.9. The van der Waals surface area contributed by atoms with Crippen LogP contribution < -0.4 is 15.0 Å². The van der Waals surface area contributed by atoms with Crippen LogP contribution in [0.25, 0.3) is 11.3 Å². The lowest BCUT2D eigenvalue weighted by Gasteiger charge is -2.27. The Bertz CT molecular complexity index is 914. The van der Waals surface area contributed by atoms with Crippen LogP contribution in [0.1, 0.15) is 11.1 Å². The van der Waals surface area contributed by atoms with Gasteiger partial charge < -0.3 is 28.6 Å². The zero-order chi connectivity index (χ0) is 19.0. The molecule has 2 aliphatic heterocycles. The Morgan fingerprint density at radius 2 is 2.11 bits per heavy atom. The molecule has 0 amide bonds. The first-order chi connectivity index (χ1) is 13.1. The summed E-state index contributed by atoms with van der Waals surface area (Å²) in [7, 11) is 1.51. The molecule has 4 rings (SSSR count). The molecule has 0 bridgehead atoms. The van der Waals surface area contributed by atoms with E-state index in [-0.39, 0.29) is 17.4 Å². The Balaban J connectivity index is 1.73. The monoisotopic (exact) mass is 373 g/mol. The van der Waals surface area contributed by atoms with Crippen LogP contribution in [0.4, 0.5) is 0 Å². The molecule has 2 aliphatic rings. The molecule has 1 unspecified atom stereocenters. The number of aromatic nitrogens is 1. The van der Waals surface area contributed by atoms with Gasteiger partial charge >= 0.3 is 0 Å². The van der Waals surface area contributed by atoms with Gasteiger partial charge in [0, 0.05) is 23.7 Å². The summed E-state index contributed by atoms with van der Waals surface area (Å²) in [5.41, 5.74) is 3.44. The molecule has 0 spiro atoms. The minimum atomic E-state index is -0.138. The maximum absolute atomic E-state index is 12.7. The molecule has 1 aromatic heterocycles. The van der Waals surface area contributed by atoms with Gasteiger partial charge in [0.15, 0.2) is 11.5 Å². The highest BCUT2D eigenvalue weighted by molar-refractivity contribution is 5.74. The normalized spacial score (nSPS) is 18.5. The molecule has 27 heavy (non-hydrogen) atoms. The van der Waals surface area contributed by atoms with Crippen LogP contribution in [0.15, 0.2) is 23.0 Å². The zero-order valence-electron chi connectivity index (χ0n) is 15.5. The van der Waals surface area contributed by atoms with Crippen molar-refractivity contribution in [2.24, 2.45) is 0 Å². The maximum Gasteiger partial charge on any atom is 0.254 e. The van der Waals surface area contributed by atoms with E-state index in [1.807, 2.05) is 6.92 Å². The zero-order valence-corrected chi connectivity index (χ0v) is 15.5. The van der Waals surface area contributed by atoms with E-state index < -0.39 is 0 Å². The number of methoxy groups -OCH3 is 1. The fourth-order valence-corrected chi connectivity index (χ4v) is 3.70. The van der Waals surface area contributed by atoms with E-state index in [1.54, 1.807) is 16.7 Å². The quantitative estimate of drug-likeness (QED) is 0.882. The minimum absolute atomic E-state index is 0.103. The van der Waals surface area contributed by atoms with E-state index >= 15 is 0 Å². The maximum atomic E-state index is 12.7. The van der Waals surface area contributed by atoms with Crippen molar-refractivity contribution in [1.82, 2.24) is 4.57 Å². The number of ether oxygens (including phenoxy) is 4. The third-order valence-electron chi connectivity index (χ3n) is 5.09. The van der Waals surface area contributed by atoms with E-state index in [4.69, 9.17) is 18.9 Å². The Morgan fingerprint density at radius 1 is 1.26 bits per heavy atom. The Morgan fingerprint density at radius 3 is 2.85 bits per heavy atom. The van der Waals surface area contributed by atoms with Gasteiger partial charge in [0.05, 0.1) is 32.6 Å².